The third-order valence-corrected chi connectivity index (χ3v) is 4.57. The maximum Gasteiger partial charge on any atom is 0.236 e. The number of amides is 1. The van der Waals surface area contributed by atoms with Crippen LogP contribution in [0.4, 0.5) is 0 Å². The number of nitrogens with zero attached hydrogens (tertiary/aromatic N) is 2. The average Bonchev–Trinajstić information content (AvgIpc) is 2.61. The van der Waals surface area contributed by atoms with E-state index in [0.717, 1.165) is 37.3 Å². The predicted octanol–water partition coefficient (Wildman–Crippen LogP) is 2.13. The van der Waals surface area contributed by atoms with E-state index in [9.17, 15) is 4.79 Å². The molecule has 1 amide bonds. The van der Waals surface area contributed by atoms with E-state index in [1.54, 1.807) is 7.11 Å². The Balaban J connectivity index is 0.00000225. The molecule has 1 saturated heterocycles. The highest BCUT2D eigenvalue weighted by atomic mass is 35.5. The van der Waals surface area contributed by atoms with E-state index < -0.39 is 0 Å². The minimum atomic E-state index is 0. The van der Waals surface area contributed by atoms with Crippen molar-refractivity contribution in [3.63, 3.8) is 0 Å². The van der Waals surface area contributed by atoms with Crippen LogP contribution in [-0.2, 0) is 11.3 Å². The van der Waals surface area contributed by atoms with E-state index in [0.29, 0.717) is 13.1 Å². The topological polar surface area (TPSA) is 44.8 Å². The Hall–Kier alpha value is -1.82. The molecular weight excluding hydrogens is 338 g/mol. The van der Waals surface area contributed by atoms with Gasteiger partial charge in [0, 0.05) is 32.7 Å². The number of nitrogens with one attached hydrogen (secondary N) is 1. The van der Waals surface area contributed by atoms with E-state index in [2.05, 4.69) is 41.5 Å². The van der Waals surface area contributed by atoms with E-state index in [1.807, 2.05) is 17.0 Å². The zero-order chi connectivity index (χ0) is 16.9. The van der Waals surface area contributed by atoms with E-state index >= 15 is 0 Å². The van der Waals surface area contributed by atoms with Crippen molar-refractivity contribution in [3.05, 3.63) is 42.0 Å². The summed E-state index contributed by atoms with van der Waals surface area (Å²) in [6.45, 7) is 4.66. The number of likely N-dealkylation sites (N-methyl/N-ethyl adjacent to an activating group) is 1. The van der Waals surface area contributed by atoms with Crippen LogP contribution in [0, 0.1) is 0 Å². The number of methoxy groups -OCH3 is 1. The van der Waals surface area contributed by atoms with Crippen LogP contribution in [0.25, 0.3) is 10.8 Å². The molecule has 1 heterocycles. The Labute approximate surface area is 155 Å². The maximum absolute atomic E-state index is 12.2. The average molecular weight is 364 g/mol. The maximum atomic E-state index is 12.2. The Bertz CT molecular complexity index is 715. The SMILES string of the molecule is COc1ccc2cc(CNCC(=O)N3CCN(C)CC3)ccc2c1.Cl. The molecule has 0 saturated carbocycles. The van der Waals surface area contributed by atoms with Gasteiger partial charge < -0.3 is 19.9 Å². The molecule has 25 heavy (non-hydrogen) atoms. The van der Waals surface area contributed by atoms with Crippen molar-refractivity contribution in [2.75, 3.05) is 46.9 Å². The molecule has 2 aromatic rings. The molecule has 1 aliphatic rings. The largest absolute Gasteiger partial charge is 0.497 e. The summed E-state index contributed by atoms with van der Waals surface area (Å²) < 4.78 is 5.25. The van der Waals surface area contributed by atoms with Crippen molar-refractivity contribution in [2.24, 2.45) is 0 Å². The number of piperazine rings is 1. The van der Waals surface area contributed by atoms with Crippen LogP contribution in [-0.4, -0.2) is 62.6 Å². The lowest BCUT2D eigenvalue weighted by atomic mass is 10.1. The summed E-state index contributed by atoms with van der Waals surface area (Å²) >= 11 is 0. The molecule has 0 spiro atoms. The summed E-state index contributed by atoms with van der Waals surface area (Å²) in [7, 11) is 3.77. The second-order valence-corrected chi connectivity index (χ2v) is 6.34. The fraction of sp³-hybridized carbons (Fsp3) is 0.421. The van der Waals surface area contributed by atoms with Gasteiger partial charge in [0.2, 0.25) is 5.91 Å². The van der Waals surface area contributed by atoms with Gasteiger partial charge in [-0.05, 0) is 41.6 Å². The molecule has 2 aromatic carbocycles. The number of hydrogen-bond donors (Lipinski definition) is 1. The Morgan fingerprint density at radius 2 is 1.76 bits per heavy atom. The Morgan fingerprint density at radius 3 is 2.48 bits per heavy atom. The van der Waals surface area contributed by atoms with Gasteiger partial charge in [-0.2, -0.15) is 0 Å². The van der Waals surface area contributed by atoms with Gasteiger partial charge >= 0.3 is 0 Å². The van der Waals surface area contributed by atoms with Crippen molar-refractivity contribution in [1.29, 1.82) is 0 Å². The van der Waals surface area contributed by atoms with Crippen molar-refractivity contribution < 1.29 is 9.53 Å². The minimum absolute atomic E-state index is 0. The molecule has 5 nitrogen and oxygen atoms in total. The molecule has 0 unspecified atom stereocenters. The first-order valence-electron chi connectivity index (χ1n) is 8.39. The lowest BCUT2D eigenvalue weighted by molar-refractivity contribution is -0.131. The number of fused-ring (bicyclic) bond motifs is 1. The summed E-state index contributed by atoms with van der Waals surface area (Å²) in [5.41, 5.74) is 1.18. The highest BCUT2D eigenvalue weighted by molar-refractivity contribution is 5.85. The Morgan fingerprint density at radius 1 is 1.08 bits per heavy atom. The summed E-state index contributed by atoms with van der Waals surface area (Å²) in [5, 5.41) is 5.61. The van der Waals surface area contributed by atoms with E-state index in [1.165, 1.54) is 10.9 Å². The molecule has 1 aliphatic heterocycles. The minimum Gasteiger partial charge on any atom is -0.497 e. The fourth-order valence-electron chi connectivity index (χ4n) is 2.99. The van der Waals surface area contributed by atoms with Crippen LogP contribution >= 0.6 is 12.4 Å². The third-order valence-electron chi connectivity index (χ3n) is 4.57. The molecular formula is C19H26ClN3O2. The van der Waals surface area contributed by atoms with Crippen LogP contribution in [0.15, 0.2) is 36.4 Å². The molecule has 0 radical (unpaired) electrons. The number of rotatable bonds is 5. The van der Waals surface area contributed by atoms with Crippen molar-refractivity contribution in [3.8, 4) is 5.75 Å². The van der Waals surface area contributed by atoms with Crippen molar-refractivity contribution in [1.82, 2.24) is 15.1 Å². The highest BCUT2D eigenvalue weighted by Gasteiger charge is 2.18. The smallest absolute Gasteiger partial charge is 0.236 e. The lowest BCUT2D eigenvalue weighted by Crippen LogP contribution is -2.49. The van der Waals surface area contributed by atoms with Crippen molar-refractivity contribution >= 4 is 29.1 Å². The van der Waals surface area contributed by atoms with Gasteiger partial charge in [-0.15, -0.1) is 12.4 Å². The normalized spacial score (nSPS) is 15.0. The quantitative estimate of drug-likeness (QED) is 0.884. The van der Waals surface area contributed by atoms with Gasteiger partial charge in [0.15, 0.2) is 0 Å². The number of hydrogen-bond acceptors (Lipinski definition) is 4. The molecule has 3 rings (SSSR count). The molecule has 0 bridgehead atoms. The molecule has 136 valence electrons. The summed E-state index contributed by atoms with van der Waals surface area (Å²) in [6, 6.07) is 12.4. The van der Waals surface area contributed by atoms with Gasteiger partial charge in [-0.25, -0.2) is 0 Å². The molecule has 0 aromatic heterocycles. The molecule has 0 aliphatic carbocycles. The first-order chi connectivity index (χ1) is 11.7. The third kappa shape index (κ3) is 5.08. The van der Waals surface area contributed by atoms with Gasteiger partial charge in [0.05, 0.1) is 13.7 Å². The van der Waals surface area contributed by atoms with E-state index in [-0.39, 0.29) is 18.3 Å². The van der Waals surface area contributed by atoms with E-state index in [4.69, 9.17) is 4.74 Å². The number of carbonyl (C=O) groups excluding carboxylic acids is 1. The van der Waals surface area contributed by atoms with Gasteiger partial charge in [-0.1, -0.05) is 18.2 Å². The summed E-state index contributed by atoms with van der Waals surface area (Å²) in [5.74, 6) is 1.06. The first-order valence-corrected chi connectivity index (χ1v) is 8.39. The van der Waals surface area contributed by atoms with Crippen LogP contribution in [0.5, 0.6) is 5.75 Å². The first kappa shape index (κ1) is 19.5. The fourth-order valence-corrected chi connectivity index (χ4v) is 2.99. The second kappa shape index (κ2) is 9.04. The van der Waals surface area contributed by atoms with Gasteiger partial charge in [0.1, 0.15) is 5.75 Å². The van der Waals surface area contributed by atoms with Gasteiger partial charge in [0.25, 0.3) is 0 Å². The summed E-state index contributed by atoms with van der Waals surface area (Å²) in [4.78, 5) is 16.4. The standard InChI is InChI=1S/C19H25N3O2.ClH/c1-21-7-9-22(10-8-21)19(23)14-20-13-15-3-4-17-12-18(24-2)6-5-16(17)11-15;/h3-6,11-12,20H,7-10,13-14H2,1-2H3;1H. The predicted molar refractivity (Wildman–Crippen MR) is 104 cm³/mol. The zero-order valence-electron chi connectivity index (χ0n) is 14.8. The highest BCUT2D eigenvalue weighted by Crippen LogP contribution is 2.21. The van der Waals surface area contributed by atoms with Crippen LogP contribution in [0.3, 0.4) is 0 Å². The second-order valence-electron chi connectivity index (χ2n) is 6.34. The molecule has 1 fully saturated rings. The van der Waals surface area contributed by atoms with Crippen LogP contribution in [0.2, 0.25) is 0 Å². The van der Waals surface area contributed by atoms with Gasteiger partial charge in [-0.3, -0.25) is 4.79 Å². The van der Waals surface area contributed by atoms with Crippen molar-refractivity contribution in [2.45, 2.75) is 6.54 Å². The number of halogens is 1. The Kier molecular flexibility index (Phi) is 7.05. The number of carbonyl (C=O) groups is 1. The lowest BCUT2D eigenvalue weighted by Gasteiger charge is -2.32. The monoisotopic (exact) mass is 363 g/mol. The number of benzene rings is 2. The number of ether oxygens (including phenoxy) is 1. The molecule has 6 heteroatoms. The summed E-state index contributed by atoms with van der Waals surface area (Å²) in [6.07, 6.45) is 0. The van der Waals surface area contributed by atoms with Crippen LogP contribution in [0.1, 0.15) is 5.56 Å². The molecule has 0 atom stereocenters. The molecule has 1 N–H and O–H groups in total. The zero-order valence-corrected chi connectivity index (χ0v) is 15.6. The van der Waals surface area contributed by atoms with Crippen LogP contribution < -0.4 is 10.1 Å².